The maximum Gasteiger partial charge on any atom is 0.262 e. The molecule has 0 radical (unpaired) electrons. The molecule has 0 fully saturated rings. The summed E-state index contributed by atoms with van der Waals surface area (Å²) in [7, 11) is 0. The summed E-state index contributed by atoms with van der Waals surface area (Å²) in [6.45, 7) is 6.30. The van der Waals surface area contributed by atoms with Gasteiger partial charge in [-0.25, -0.2) is 0 Å². The smallest absolute Gasteiger partial charge is 0.262 e. The monoisotopic (exact) mass is 438 g/mol. The summed E-state index contributed by atoms with van der Waals surface area (Å²) in [4.78, 5) is 0. The SMILES string of the molecule is CC[n+]1c(/C=C/C=C/c2ccc3c(c2)OCCOCCOCCO3)sc2ccccc21. The molecular formula is C25H28NO4S+. The van der Waals surface area contributed by atoms with Gasteiger partial charge in [-0.2, -0.15) is 4.57 Å². The van der Waals surface area contributed by atoms with Crippen LogP contribution in [0.1, 0.15) is 17.5 Å². The standard InChI is InChI=1S/C25H28NO4S/c1-2-26-21-8-4-5-9-24(21)31-25(26)10-6-3-7-20-11-12-22-23(19-20)30-18-16-28-14-13-27-15-17-29-22/h3-12,19H,2,13-18H2,1H3/q+1/b7-3+,10-6+. The molecule has 0 saturated carbocycles. The summed E-state index contributed by atoms with van der Waals surface area (Å²) in [5, 5.41) is 1.24. The molecule has 1 aromatic heterocycles. The Morgan fingerprint density at radius 2 is 1.55 bits per heavy atom. The minimum atomic E-state index is 0.479. The fourth-order valence-electron chi connectivity index (χ4n) is 3.41. The quantitative estimate of drug-likeness (QED) is 0.436. The maximum atomic E-state index is 5.90. The molecule has 0 spiro atoms. The van der Waals surface area contributed by atoms with Crippen molar-refractivity contribution < 1.29 is 23.5 Å². The highest BCUT2D eigenvalue weighted by molar-refractivity contribution is 7.18. The number of fused-ring (bicyclic) bond motifs is 2. The van der Waals surface area contributed by atoms with Crippen LogP contribution in [0, 0.1) is 0 Å². The Hall–Kier alpha value is -2.67. The van der Waals surface area contributed by atoms with Crippen LogP contribution in [0.2, 0.25) is 0 Å². The summed E-state index contributed by atoms with van der Waals surface area (Å²) in [5.74, 6) is 1.45. The number of aryl methyl sites for hydroxylation is 1. The molecule has 1 aliphatic heterocycles. The number of benzene rings is 2. The first-order chi connectivity index (χ1) is 15.3. The molecule has 0 saturated heterocycles. The lowest BCUT2D eigenvalue weighted by Crippen LogP contribution is -2.33. The van der Waals surface area contributed by atoms with E-state index in [9.17, 15) is 0 Å². The Labute approximate surface area is 187 Å². The van der Waals surface area contributed by atoms with Crippen molar-refractivity contribution in [3.05, 3.63) is 65.2 Å². The molecule has 0 bridgehead atoms. The Bertz CT molecular complexity index is 1060. The first kappa shape index (κ1) is 21.6. The molecule has 31 heavy (non-hydrogen) atoms. The number of allylic oxidation sites excluding steroid dienone is 2. The molecule has 0 aliphatic carbocycles. The molecule has 0 N–H and O–H groups in total. The van der Waals surface area contributed by atoms with Crippen molar-refractivity contribution in [3.8, 4) is 11.5 Å². The van der Waals surface area contributed by atoms with Gasteiger partial charge in [0.25, 0.3) is 5.01 Å². The third-order valence-electron chi connectivity index (χ3n) is 4.90. The Morgan fingerprint density at radius 1 is 0.839 bits per heavy atom. The van der Waals surface area contributed by atoms with E-state index in [1.165, 1.54) is 15.2 Å². The summed E-state index contributed by atoms with van der Waals surface area (Å²) in [6, 6.07) is 14.5. The molecule has 0 amide bonds. The topological polar surface area (TPSA) is 40.8 Å². The maximum absolute atomic E-state index is 5.90. The van der Waals surface area contributed by atoms with Crippen molar-refractivity contribution in [1.29, 1.82) is 0 Å². The molecule has 2 aromatic carbocycles. The second-order valence-corrected chi connectivity index (χ2v) is 8.06. The van der Waals surface area contributed by atoms with E-state index in [1.54, 1.807) is 0 Å². The van der Waals surface area contributed by atoms with Gasteiger partial charge in [0.2, 0.25) is 5.52 Å². The second kappa shape index (κ2) is 11.1. The van der Waals surface area contributed by atoms with Gasteiger partial charge in [0, 0.05) is 12.1 Å². The van der Waals surface area contributed by atoms with Crippen LogP contribution in [0.5, 0.6) is 11.5 Å². The average Bonchev–Trinajstić information content (AvgIpc) is 3.15. The third kappa shape index (κ3) is 5.73. The molecule has 0 unspecified atom stereocenters. The fourth-order valence-corrected chi connectivity index (χ4v) is 4.55. The van der Waals surface area contributed by atoms with Crippen molar-refractivity contribution in [2.75, 3.05) is 39.6 Å². The number of hydrogen-bond donors (Lipinski definition) is 0. The number of nitrogens with zero attached hydrogens (tertiary/aromatic N) is 1. The van der Waals surface area contributed by atoms with Crippen LogP contribution in [0.25, 0.3) is 22.4 Å². The highest BCUT2D eigenvalue weighted by Gasteiger charge is 2.15. The molecular weight excluding hydrogens is 410 g/mol. The highest BCUT2D eigenvalue weighted by Crippen LogP contribution is 2.29. The van der Waals surface area contributed by atoms with Gasteiger partial charge in [-0.15, -0.1) is 0 Å². The van der Waals surface area contributed by atoms with E-state index in [2.05, 4.69) is 60.1 Å². The van der Waals surface area contributed by atoms with Gasteiger partial charge < -0.3 is 18.9 Å². The Kier molecular flexibility index (Phi) is 7.71. The van der Waals surface area contributed by atoms with E-state index in [-0.39, 0.29) is 0 Å². The summed E-state index contributed by atoms with van der Waals surface area (Å²) < 4.78 is 26.3. The largest absolute Gasteiger partial charge is 0.487 e. The first-order valence-electron chi connectivity index (χ1n) is 10.7. The first-order valence-corrected chi connectivity index (χ1v) is 11.5. The number of thiazole rings is 1. The molecule has 1 aliphatic rings. The zero-order valence-electron chi connectivity index (χ0n) is 17.8. The molecule has 5 nitrogen and oxygen atoms in total. The van der Waals surface area contributed by atoms with Gasteiger partial charge in [0.15, 0.2) is 11.5 Å². The van der Waals surface area contributed by atoms with Crippen molar-refractivity contribution >= 4 is 33.7 Å². The van der Waals surface area contributed by atoms with Gasteiger partial charge in [-0.05, 0) is 30.7 Å². The highest BCUT2D eigenvalue weighted by atomic mass is 32.1. The van der Waals surface area contributed by atoms with Crippen LogP contribution >= 0.6 is 11.3 Å². The van der Waals surface area contributed by atoms with Crippen LogP contribution in [0.4, 0.5) is 0 Å². The van der Waals surface area contributed by atoms with Crippen LogP contribution in [0.15, 0.2) is 54.6 Å². The molecule has 162 valence electrons. The molecule has 6 heteroatoms. The van der Waals surface area contributed by atoms with E-state index >= 15 is 0 Å². The zero-order chi connectivity index (χ0) is 21.3. The number of rotatable bonds is 4. The van der Waals surface area contributed by atoms with Gasteiger partial charge in [-0.3, -0.25) is 0 Å². The van der Waals surface area contributed by atoms with Gasteiger partial charge >= 0.3 is 0 Å². The summed E-state index contributed by atoms with van der Waals surface area (Å²) >= 11 is 1.81. The normalized spacial score (nSPS) is 15.9. The van der Waals surface area contributed by atoms with E-state index in [0.29, 0.717) is 39.6 Å². The van der Waals surface area contributed by atoms with E-state index in [4.69, 9.17) is 18.9 Å². The Morgan fingerprint density at radius 3 is 2.35 bits per heavy atom. The minimum absolute atomic E-state index is 0.479. The summed E-state index contributed by atoms with van der Waals surface area (Å²) in [5.41, 5.74) is 2.33. The molecule has 0 atom stereocenters. The second-order valence-electron chi connectivity index (χ2n) is 7.00. The molecule has 3 aromatic rings. The van der Waals surface area contributed by atoms with Crippen molar-refractivity contribution in [2.45, 2.75) is 13.5 Å². The van der Waals surface area contributed by atoms with Crippen molar-refractivity contribution in [2.24, 2.45) is 0 Å². The lowest BCUT2D eigenvalue weighted by atomic mass is 10.2. The molecule has 2 heterocycles. The lowest BCUT2D eigenvalue weighted by Gasteiger charge is -2.15. The average molecular weight is 439 g/mol. The van der Waals surface area contributed by atoms with Gasteiger partial charge in [0.1, 0.15) is 24.5 Å². The van der Waals surface area contributed by atoms with Crippen molar-refractivity contribution in [1.82, 2.24) is 0 Å². The van der Waals surface area contributed by atoms with Crippen LogP contribution in [-0.2, 0) is 16.0 Å². The zero-order valence-corrected chi connectivity index (χ0v) is 18.6. The lowest BCUT2D eigenvalue weighted by molar-refractivity contribution is -0.665. The minimum Gasteiger partial charge on any atom is -0.487 e. The van der Waals surface area contributed by atoms with E-state index in [0.717, 1.165) is 23.6 Å². The number of aromatic nitrogens is 1. The number of para-hydroxylation sites is 1. The number of hydrogen-bond acceptors (Lipinski definition) is 5. The predicted molar refractivity (Wildman–Crippen MR) is 125 cm³/mol. The van der Waals surface area contributed by atoms with Gasteiger partial charge in [0.05, 0.1) is 26.4 Å². The predicted octanol–water partition coefficient (Wildman–Crippen LogP) is 4.74. The van der Waals surface area contributed by atoms with Crippen LogP contribution in [0.3, 0.4) is 0 Å². The van der Waals surface area contributed by atoms with E-state index < -0.39 is 0 Å². The summed E-state index contributed by atoms with van der Waals surface area (Å²) in [6.07, 6.45) is 8.37. The fraction of sp³-hybridized carbons (Fsp3) is 0.320. The molecule has 4 rings (SSSR count). The van der Waals surface area contributed by atoms with Crippen LogP contribution < -0.4 is 14.0 Å². The Balaban J connectivity index is 1.47. The van der Waals surface area contributed by atoms with E-state index in [1.807, 2.05) is 29.5 Å². The third-order valence-corrected chi connectivity index (χ3v) is 6.03. The van der Waals surface area contributed by atoms with Crippen LogP contribution in [-0.4, -0.2) is 39.6 Å². The van der Waals surface area contributed by atoms with Gasteiger partial charge in [-0.1, -0.05) is 47.8 Å². The van der Waals surface area contributed by atoms with Crippen molar-refractivity contribution in [3.63, 3.8) is 0 Å². The number of ether oxygens (including phenoxy) is 4.